The summed E-state index contributed by atoms with van der Waals surface area (Å²) in [5.74, 6) is 0.00435. The molecular weight excluding hydrogens is 310 g/mol. The zero-order chi connectivity index (χ0) is 17.4. The van der Waals surface area contributed by atoms with Crippen LogP contribution in [-0.2, 0) is 11.3 Å². The highest BCUT2D eigenvalue weighted by atomic mass is 32.1. The van der Waals surface area contributed by atoms with Crippen LogP contribution in [0, 0.1) is 0 Å². The second-order valence-electron chi connectivity index (χ2n) is 6.33. The second kappa shape index (κ2) is 9.65. The number of thiazole rings is 1. The molecule has 1 aromatic heterocycles. The third kappa shape index (κ3) is 6.69. The molecule has 0 atom stereocenters. The molecule has 23 heavy (non-hydrogen) atoms. The Hall–Kier alpha value is -1.43. The van der Waals surface area contributed by atoms with E-state index in [4.69, 9.17) is 0 Å². The first kappa shape index (κ1) is 19.6. The van der Waals surface area contributed by atoms with Crippen LogP contribution in [0.4, 0.5) is 0 Å². The van der Waals surface area contributed by atoms with E-state index in [1.807, 2.05) is 32.6 Å². The lowest BCUT2D eigenvalue weighted by atomic mass is 10.1. The number of nitrogens with one attached hydrogen (secondary N) is 1. The lowest BCUT2D eigenvalue weighted by Gasteiger charge is -2.26. The van der Waals surface area contributed by atoms with Gasteiger partial charge in [0, 0.05) is 23.9 Å². The molecule has 2 amide bonds. The minimum absolute atomic E-state index is 0.0833. The van der Waals surface area contributed by atoms with E-state index in [0.717, 1.165) is 24.3 Å². The Labute approximate surface area is 143 Å². The molecule has 1 aromatic rings. The van der Waals surface area contributed by atoms with Crippen molar-refractivity contribution in [3.8, 4) is 0 Å². The van der Waals surface area contributed by atoms with Crippen molar-refractivity contribution in [2.75, 3.05) is 0 Å². The minimum Gasteiger partial charge on any atom is -0.349 e. The Morgan fingerprint density at radius 2 is 1.96 bits per heavy atom. The zero-order valence-electron chi connectivity index (χ0n) is 14.9. The Kier molecular flexibility index (Phi) is 8.23. The molecule has 0 bridgehead atoms. The molecule has 0 saturated heterocycles. The van der Waals surface area contributed by atoms with E-state index in [0.29, 0.717) is 18.7 Å². The molecule has 0 radical (unpaired) electrons. The highest BCUT2D eigenvalue weighted by Crippen LogP contribution is 2.16. The summed E-state index contributed by atoms with van der Waals surface area (Å²) in [4.78, 5) is 30.5. The Balaban J connectivity index is 2.68. The average molecular weight is 340 g/mol. The van der Waals surface area contributed by atoms with Crippen molar-refractivity contribution >= 4 is 23.2 Å². The zero-order valence-corrected chi connectivity index (χ0v) is 15.7. The summed E-state index contributed by atoms with van der Waals surface area (Å²) in [5.41, 5.74) is 0.431. The van der Waals surface area contributed by atoms with Crippen molar-refractivity contribution in [1.29, 1.82) is 0 Å². The lowest BCUT2D eigenvalue weighted by Crippen LogP contribution is -2.36. The van der Waals surface area contributed by atoms with E-state index in [2.05, 4.69) is 17.2 Å². The largest absolute Gasteiger partial charge is 0.349 e. The maximum absolute atomic E-state index is 12.4. The van der Waals surface area contributed by atoms with Crippen LogP contribution >= 0.6 is 11.3 Å². The van der Waals surface area contributed by atoms with E-state index in [-0.39, 0.29) is 23.9 Å². The number of hydrogen-bond donors (Lipinski definition) is 1. The molecule has 5 nitrogen and oxygen atoms in total. The van der Waals surface area contributed by atoms with Gasteiger partial charge in [-0.1, -0.05) is 19.8 Å². The molecule has 1 N–H and O–H groups in total. The predicted molar refractivity (Wildman–Crippen MR) is 94.5 cm³/mol. The van der Waals surface area contributed by atoms with Crippen LogP contribution in [0.15, 0.2) is 5.38 Å². The van der Waals surface area contributed by atoms with Crippen molar-refractivity contribution in [3.63, 3.8) is 0 Å². The fraction of sp³-hybridized carbons (Fsp3) is 0.706. The molecule has 0 saturated carbocycles. The van der Waals surface area contributed by atoms with Crippen LogP contribution in [0.1, 0.15) is 75.8 Å². The van der Waals surface area contributed by atoms with E-state index in [9.17, 15) is 9.59 Å². The quantitative estimate of drug-likeness (QED) is 0.699. The second-order valence-corrected chi connectivity index (χ2v) is 7.27. The summed E-state index contributed by atoms with van der Waals surface area (Å²) in [6, 6.07) is 0.209. The fourth-order valence-corrected chi connectivity index (χ4v) is 2.97. The van der Waals surface area contributed by atoms with Crippen LogP contribution in [0.5, 0.6) is 0 Å². The Bertz CT molecular complexity index is 512. The van der Waals surface area contributed by atoms with Crippen molar-refractivity contribution in [2.24, 2.45) is 0 Å². The molecule has 1 heterocycles. The first-order valence-corrected chi connectivity index (χ1v) is 9.27. The summed E-state index contributed by atoms with van der Waals surface area (Å²) in [6.07, 6.45) is 3.70. The number of hydrogen-bond acceptors (Lipinski definition) is 4. The van der Waals surface area contributed by atoms with Gasteiger partial charge in [-0.3, -0.25) is 9.59 Å². The van der Waals surface area contributed by atoms with Gasteiger partial charge in [-0.05, 0) is 34.1 Å². The standard InChI is InChI=1S/C17H29N3O2S/c1-6-7-8-9-16(21)20(13(4)5)10-15-19-14(11-23-15)17(22)18-12(2)3/h11-13H,6-10H2,1-5H3,(H,18,22). The van der Waals surface area contributed by atoms with Gasteiger partial charge in [0.1, 0.15) is 10.7 Å². The summed E-state index contributed by atoms with van der Waals surface area (Å²) in [6.45, 7) is 10.5. The van der Waals surface area contributed by atoms with Gasteiger partial charge in [-0.15, -0.1) is 11.3 Å². The molecule has 0 aliphatic rings. The molecule has 6 heteroatoms. The van der Waals surface area contributed by atoms with Crippen LogP contribution in [0.2, 0.25) is 0 Å². The summed E-state index contributed by atoms with van der Waals surface area (Å²) >= 11 is 1.43. The third-order valence-electron chi connectivity index (χ3n) is 3.45. The predicted octanol–water partition coefficient (Wildman–Crippen LogP) is 3.60. The van der Waals surface area contributed by atoms with Gasteiger partial charge >= 0.3 is 0 Å². The van der Waals surface area contributed by atoms with Crippen molar-refractivity contribution < 1.29 is 9.59 Å². The molecule has 1 rings (SSSR count). The highest BCUT2D eigenvalue weighted by molar-refractivity contribution is 7.09. The van der Waals surface area contributed by atoms with Crippen LogP contribution in [0.25, 0.3) is 0 Å². The summed E-state index contributed by atoms with van der Waals surface area (Å²) < 4.78 is 0. The van der Waals surface area contributed by atoms with Gasteiger partial charge in [-0.25, -0.2) is 4.98 Å². The Morgan fingerprint density at radius 1 is 1.26 bits per heavy atom. The average Bonchev–Trinajstić information content (AvgIpc) is 2.92. The van der Waals surface area contributed by atoms with Crippen LogP contribution in [0.3, 0.4) is 0 Å². The molecule has 130 valence electrons. The van der Waals surface area contributed by atoms with E-state index in [1.54, 1.807) is 5.38 Å². The molecule has 0 aromatic carbocycles. The van der Waals surface area contributed by atoms with Crippen molar-refractivity contribution in [3.05, 3.63) is 16.1 Å². The number of nitrogens with zero attached hydrogens (tertiary/aromatic N) is 2. The van der Waals surface area contributed by atoms with Gasteiger partial charge in [0.2, 0.25) is 5.91 Å². The number of rotatable bonds is 9. The number of aromatic nitrogens is 1. The van der Waals surface area contributed by atoms with Crippen LogP contribution in [-0.4, -0.2) is 33.8 Å². The summed E-state index contributed by atoms with van der Waals surface area (Å²) in [5, 5.41) is 5.39. The first-order chi connectivity index (χ1) is 10.8. The lowest BCUT2D eigenvalue weighted by molar-refractivity contribution is -0.133. The third-order valence-corrected chi connectivity index (χ3v) is 4.28. The maximum atomic E-state index is 12.4. The smallest absolute Gasteiger partial charge is 0.270 e. The number of carbonyl (C=O) groups is 2. The molecule has 0 aliphatic carbocycles. The van der Waals surface area contributed by atoms with Crippen molar-refractivity contribution in [1.82, 2.24) is 15.2 Å². The maximum Gasteiger partial charge on any atom is 0.270 e. The highest BCUT2D eigenvalue weighted by Gasteiger charge is 2.19. The monoisotopic (exact) mass is 339 g/mol. The number of amides is 2. The molecule has 0 unspecified atom stereocenters. The Morgan fingerprint density at radius 3 is 2.52 bits per heavy atom. The molecular formula is C17H29N3O2S. The van der Waals surface area contributed by atoms with E-state index < -0.39 is 0 Å². The van der Waals surface area contributed by atoms with Gasteiger partial charge < -0.3 is 10.2 Å². The van der Waals surface area contributed by atoms with Gasteiger partial charge in [0.25, 0.3) is 5.91 Å². The minimum atomic E-state index is -0.159. The number of carbonyl (C=O) groups excluding carboxylic acids is 2. The van der Waals surface area contributed by atoms with Gasteiger partial charge in [-0.2, -0.15) is 0 Å². The van der Waals surface area contributed by atoms with Crippen molar-refractivity contribution in [2.45, 2.75) is 78.9 Å². The van der Waals surface area contributed by atoms with E-state index >= 15 is 0 Å². The van der Waals surface area contributed by atoms with E-state index in [1.165, 1.54) is 11.3 Å². The molecule has 0 aliphatic heterocycles. The topological polar surface area (TPSA) is 62.3 Å². The molecule has 0 spiro atoms. The van der Waals surface area contributed by atoms with Gasteiger partial charge in [0.05, 0.1) is 6.54 Å². The fourth-order valence-electron chi connectivity index (χ4n) is 2.20. The number of unbranched alkanes of at least 4 members (excludes halogenated alkanes) is 2. The molecule has 0 fully saturated rings. The SMILES string of the molecule is CCCCCC(=O)N(Cc1nc(C(=O)NC(C)C)cs1)C(C)C. The normalized spacial score (nSPS) is 11.1. The summed E-state index contributed by atoms with van der Waals surface area (Å²) in [7, 11) is 0. The van der Waals surface area contributed by atoms with Gasteiger partial charge in [0.15, 0.2) is 0 Å². The first-order valence-electron chi connectivity index (χ1n) is 8.39. The van der Waals surface area contributed by atoms with Crippen LogP contribution < -0.4 is 5.32 Å².